The second-order valence-electron chi connectivity index (χ2n) is 5.36. The van der Waals surface area contributed by atoms with Crippen LogP contribution in [-0.4, -0.2) is 11.8 Å². The lowest BCUT2D eigenvalue weighted by Crippen LogP contribution is -2.22. The van der Waals surface area contributed by atoms with Gasteiger partial charge in [-0.3, -0.25) is 9.59 Å². The number of carbonyl (C=O) groups is 2. The Hall–Kier alpha value is -2.04. The molecule has 0 saturated carbocycles. The molecule has 6 heteroatoms. The van der Waals surface area contributed by atoms with Gasteiger partial charge in [0.25, 0.3) is 0 Å². The summed E-state index contributed by atoms with van der Waals surface area (Å²) < 4.78 is 0. The lowest BCUT2D eigenvalue weighted by Gasteiger charge is -2.13. The lowest BCUT2D eigenvalue weighted by molar-refractivity contribution is -0.123. The molecular formula is C18H18Cl2N2O2. The predicted molar refractivity (Wildman–Crippen MR) is 98.9 cm³/mol. The van der Waals surface area contributed by atoms with Gasteiger partial charge >= 0.3 is 0 Å². The smallest absolute Gasteiger partial charge is 0.233 e. The zero-order chi connectivity index (χ0) is 17.7. The van der Waals surface area contributed by atoms with E-state index >= 15 is 0 Å². The molecule has 0 spiro atoms. The Kier molecular flexibility index (Phi) is 6.23. The molecule has 2 aromatic carbocycles. The van der Waals surface area contributed by atoms with E-state index < -0.39 is 5.91 Å². The van der Waals surface area contributed by atoms with Crippen LogP contribution in [0.1, 0.15) is 24.5 Å². The maximum atomic E-state index is 12.1. The average Bonchev–Trinajstić information content (AvgIpc) is 2.52. The second-order valence-corrected chi connectivity index (χ2v) is 6.18. The summed E-state index contributed by atoms with van der Waals surface area (Å²) in [6, 6.07) is 10.6. The van der Waals surface area contributed by atoms with E-state index in [-0.39, 0.29) is 12.3 Å². The van der Waals surface area contributed by atoms with E-state index in [0.29, 0.717) is 15.7 Å². The third-order valence-corrected chi connectivity index (χ3v) is 4.27. The van der Waals surface area contributed by atoms with Crippen LogP contribution in [-0.2, 0) is 16.0 Å². The molecule has 4 nitrogen and oxygen atoms in total. The highest BCUT2D eigenvalue weighted by atomic mass is 35.5. The molecule has 24 heavy (non-hydrogen) atoms. The molecule has 0 aliphatic rings. The number of benzene rings is 2. The maximum Gasteiger partial charge on any atom is 0.233 e. The van der Waals surface area contributed by atoms with Crippen LogP contribution < -0.4 is 10.6 Å². The van der Waals surface area contributed by atoms with E-state index in [0.717, 1.165) is 23.2 Å². The topological polar surface area (TPSA) is 58.2 Å². The molecule has 0 aliphatic carbocycles. The van der Waals surface area contributed by atoms with E-state index in [4.69, 9.17) is 23.2 Å². The number of aryl methyl sites for hydroxylation is 2. The molecule has 0 aromatic heterocycles. The first-order chi connectivity index (χ1) is 11.4. The van der Waals surface area contributed by atoms with Gasteiger partial charge in [0.15, 0.2) is 0 Å². The first kappa shape index (κ1) is 18.3. The molecule has 2 aromatic rings. The van der Waals surface area contributed by atoms with Crippen molar-refractivity contribution in [1.29, 1.82) is 0 Å². The van der Waals surface area contributed by atoms with Gasteiger partial charge in [-0.15, -0.1) is 0 Å². The fraction of sp³-hybridized carbons (Fsp3) is 0.222. The van der Waals surface area contributed by atoms with Gasteiger partial charge < -0.3 is 10.6 Å². The molecule has 0 saturated heterocycles. The van der Waals surface area contributed by atoms with Gasteiger partial charge in [-0.1, -0.05) is 48.3 Å². The highest BCUT2D eigenvalue weighted by Crippen LogP contribution is 2.25. The number of carbonyl (C=O) groups excluding carboxylic acids is 2. The largest absolute Gasteiger partial charge is 0.326 e. The minimum absolute atomic E-state index is 0.280. The van der Waals surface area contributed by atoms with Crippen LogP contribution in [0, 0.1) is 6.92 Å². The first-order valence-corrected chi connectivity index (χ1v) is 8.29. The highest BCUT2D eigenvalue weighted by Gasteiger charge is 2.13. The number of halogens is 2. The van der Waals surface area contributed by atoms with Crippen LogP contribution in [0.25, 0.3) is 0 Å². The molecule has 0 unspecified atom stereocenters. The van der Waals surface area contributed by atoms with Crippen molar-refractivity contribution in [1.82, 2.24) is 0 Å². The van der Waals surface area contributed by atoms with E-state index in [1.807, 2.05) is 32.0 Å². The summed E-state index contributed by atoms with van der Waals surface area (Å²) in [7, 11) is 0. The van der Waals surface area contributed by atoms with Crippen LogP contribution in [0.2, 0.25) is 10.0 Å². The Bertz CT molecular complexity index is 776. The van der Waals surface area contributed by atoms with Crippen molar-refractivity contribution in [3.63, 3.8) is 0 Å². The Morgan fingerprint density at radius 2 is 1.71 bits per heavy atom. The summed E-state index contributed by atoms with van der Waals surface area (Å²) in [4.78, 5) is 24.1. The Morgan fingerprint density at radius 3 is 2.38 bits per heavy atom. The summed E-state index contributed by atoms with van der Waals surface area (Å²) in [6.07, 6.45) is 0.518. The predicted octanol–water partition coefficient (Wildman–Crippen LogP) is 4.83. The Labute approximate surface area is 151 Å². The van der Waals surface area contributed by atoms with Crippen LogP contribution in [0.3, 0.4) is 0 Å². The number of anilines is 2. The molecule has 0 atom stereocenters. The van der Waals surface area contributed by atoms with Gasteiger partial charge in [0.1, 0.15) is 6.42 Å². The van der Waals surface area contributed by atoms with Gasteiger partial charge in [0.05, 0.1) is 10.0 Å². The molecular weight excluding hydrogens is 347 g/mol. The third-order valence-electron chi connectivity index (χ3n) is 3.53. The van der Waals surface area contributed by atoms with Gasteiger partial charge in [0, 0.05) is 11.4 Å². The van der Waals surface area contributed by atoms with Gasteiger partial charge in [0.2, 0.25) is 11.8 Å². The highest BCUT2D eigenvalue weighted by molar-refractivity contribution is 6.42. The van der Waals surface area contributed by atoms with Crippen LogP contribution >= 0.6 is 23.2 Å². The SMILES string of the molecule is CCc1cccc(C)c1NC(=O)CC(=O)Nc1ccc(Cl)c(Cl)c1. The number of nitrogens with one attached hydrogen (secondary N) is 2. The first-order valence-electron chi connectivity index (χ1n) is 7.54. The van der Waals surface area contributed by atoms with Gasteiger partial charge in [-0.2, -0.15) is 0 Å². The number of para-hydroxylation sites is 1. The summed E-state index contributed by atoms with van der Waals surface area (Å²) >= 11 is 11.7. The molecule has 2 rings (SSSR count). The number of hydrogen-bond donors (Lipinski definition) is 2. The van der Waals surface area contributed by atoms with E-state index in [9.17, 15) is 9.59 Å². The standard InChI is InChI=1S/C18H18Cl2N2O2/c1-3-12-6-4-5-11(2)18(12)22-17(24)10-16(23)21-13-7-8-14(19)15(20)9-13/h4-9H,3,10H2,1-2H3,(H,21,23)(H,22,24). The zero-order valence-corrected chi connectivity index (χ0v) is 15.0. The molecule has 2 amide bonds. The number of rotatable bonds is 5. The van der Waals surface area contributed by atoms with Crippen LogP contribution in [0.5, 0.6) is 0 Å². The average molecular weight is 365 g/mol. The number of amides is 2. The minimum Gasteiger partial charge on any atom is -0.326 e. The molecule has 0 radical (unpaired) electrons. The summed E-state index contributed by atoms with van der Waals surface area (Å²) in [5, 5.41) is 6.19. The lowest BCUT2D eigenvalue weighted by atomic mass is 10.1. The van der Waals surface area contributed by atoms with E-state index in [1.54, 1.807) is 12.1 Å². The van der Waals surface area contributed by atoms with E-state index in [1.165, 1.54) is 6.07 Å². The second kappa shape index (κ2) is 8.18. The van der Waals surface area contributed by atoms with Crippen molar-refractivity contribution in [2.75, 3.05) is 10.6 Å². The maximum absolute atomic E-state index is 12.1. The van der Waals surface area contributed by atoms with Crippen molar-refractivity contribution < 1.29 is 9.59 Å². The zero-order valence-electron chi connectivity index (χ0n) is 13.5. The van der Waals surface area contributed by atoms with Gasteiger partial charge in [-0.05, 0) is 42.7 Å². The quantitative estimate of drug-likeness (QED) is 0.746. The molecule has 126 valence electrons. The van der Waals surface area contributed by atoms with Gasteiger partial charge in [-0.25, -0.2) is 0 Å². The molecule has 0 heterocycles. The van der Waals surface area contributed by atoms with Crippen LogP contribution in [0.15, 0.2) is 36.4 Å². The number of hydrogen-bond acceptors (Lipinski definition) is 2. The molecule has 0 fully saturated rings. The fourth-order valence-corrected chi connectivity index (χ4v) is 2.61. The fourth-order valence-electron chi connectivity index (χ4n) is 2.31. The van der Waals surface area contributed by atoms with Crippen molar-refractivity contribution >= 4 is 46.4 Å². The summed E-state index contributed by atoms with van der Waals surface area (Å²) in [6.45, 7) is 3.94. The normalized spacial score (nSPS) is 10.3. The monoisotopic (exact) mass is 364 g/mol. The summed E-state index contributed by atoms with van der Waals surface area (Å²) in [5.41, 5.74) is 3.26. The minimum atomic E-state index is -0.419. The van der Waals surface area contributed by atoms with E-state index in [2.05, 4.69) is 10.6 Å². The van der Waals surface area contributed by atoms with Crippen LogP contribution in [0.4, 0.5) is 11.4 Å². The Balaban J connectivity index is 1.99. The molecule has 0 aliphatic heterocycles. The molecule has 0 bridgehead atoms. The third kappa shape index (κ3) is 4.73. The summed E-state index contributed by atoms with van der Waals surface area (Å²) in [5.74, 6) is -0.783. The van der Waals surface area contributed by atoms with Crippen molar-refractivity contribution in [3.8, 4) is 0 Å². The molecule has 2 N–H and O–H groups in total. The van der Waals surface area contributed by atoms with Crippen molar-refractivity contribution in [3.05, 3.63) is 57.6 Å². The van der Waals surface area contributed by atoms with Crippen molar-refractivity contribution in [2.45, 2.75) is 26.7 Å². The Morgan fingerprint density at radius 1 is 1.00 bits per heavy atom. The van der Waals surface area contributed by atoms with Crippen molar-refractivity contribution in [2.24, 2.45) is 0 Å².